The third kappa shape index (κ3) is 4.55. The quantitative estimate of drug-likeness (QED) is 0.352. The molecule has 3 heterocycles. The minimum absolute atomic E-state index is 0.00830. The third-order valence-corrected chi connectivity index (χ3v) is 5.82. The monoisotopic (exact) mass is 495 g/mol. The van der Waals surface area contributed by atoms with Crippen LogP contribution in [0.5, 0.6) is 5.75 Å². The molecule has 0 radical (unpaired) electrons. The average molecular weight is 495 g/mol. The van der Waals surface area contributed by atoms with E-state index >= 15 is 0 Å². The molecule has 176 valence electrons. The van der Waals surface area contributed by atoms with Gasteiger partial charge in [-0.15, -0.1) is 11.3 Å². The van der Waals surface area contributed by atoms with Crippen LogP contribution in [0.2, 0.25) is 0 Å². The number of alkyl halides is 5. The molecule has 5 rings (SSSR count). The summed E-state index contributed by atoms with van der Waals surface area (Å²) in [6, 6.07) is 7.95. The van der Waals surface area contributed by atoms with Crippen LogP contribution in [0.25, 0.3) is 16.9 Å². The van der Waals surface area contributed by atoms with Crippen LogP contribution in [0.1, 0.15) is 40.6 Å². The van der Waals surface area contributed by atoms with E-state index in [4.69, 9.17) is 0 Å². The van der Waals surface area contributed by atoms with E-state index in [-0.39, 0.29) is 28.1 Å². The Balaban J connectivity index is 1.36. The molecule has 3 aromatic heterocycles. The Hall–Kier alpha value is -3.61. The van der Waals surface area contributed by atoms with Crippen molar-refractivity contribution in [1.82, 2.24) is 19.6 Å². The van der Waals surface area contributed by atoms with Crippen LogP contribution in [-0.4, -0.2) is 32.1 Å². The molecule has 0 aliphatic heterocycles. The van der Waals surface area contributed by atoms with Crippen LogP contribution < -0.4 is 10.1 Å². The molecule has 0 unspecified atom stereocenters. The molecule has 1 aliphatic carbocycles. The first-order valence-corrected chi connectivity index (χ1v) is 10.9. The van der Waals surface area contributed by atoms with E-state index < -0.39 is 24.4 Å². The van der Waals surface area contributed by atoms with Gasteiger partial charge in [0.2, 0.25) is 0 Å². The molecule has 0 spiro atoms. The molecule has 7 nitrogen and oxygen atoms in total. The number of ether oxygens (including phenoxy) is 1. The van der Waals surface area contributed by atoms with Crippen molar-refractivity contribution in [3.05, 3.63) is 58.9 Å². The maximum atomic E-state index is 13.5. The van der Waals surface area contributed by atoms with Gasteiger partial charge in [-0.2, -0.15) is 27.1 Å². The van der Waals surface area contributed by atoms with Crippen LogP contribution >= 0.6 is 11.3 Å². The molecule has 34 heavy (non-hydrogen) atoms. The highest BCUT2D eigenvalue weighted by molar-refractivity contribution is 7.14. The zero-order chi connectivity index (χ0) is 24.0. The smallest absolute Gasteiger partial charge is 0.433 e. The lowest BCUT2D eigenvalue weighted by molar-refractivity contribution is -0.142. The van der Waals surface area contributed by atoms with Crippen molar-refractivity contribution in [3.63, 3.8) is 0 Å². The van der Waals surface area contributed by atoms with Gasteiger partial charge in [0.05, 0.1) is 5.69 Å². The molecular formula is C21H14F5N5O2S. The molecule has 1 aromatic carbocycles. The van der Waals surface area contributed by atoms with Crippen LogP contribution in [-0.2, 0) is 6.18 Å². The molecular weight excluding hydrogens is 481 g/mol. The number of amides is 1. The standard InChI is InChI=1S/C21H14F5N5O2S/c22-19(23)33-12-5-3-11(4-6-12)15-9-34-20(28-15)29-18(32)14-8-17-27-13(10-1-2-10)7-16(21(24,25)26)31(17)30-14/h3-10,19H,1-2H2,(H,28,29,32). The predicted octanol–water partition coefficient (Wildman–Crippen LogP) is 5.60. The summed E-state index contributed by atoms with van der Waals surface area (Å²) in [5, 5.41) is 8.15. The molecule has 1 aliphatic rings. The molecule has 1 amide bonds. The highest BCUT2D eigenvalue weighted by Gasteiger charge is 2.37. The zero-order valence-corrected chi connectivity index (χ0v) is 17.8. The third-order valence-electron chi connectivity index (χ3n) is 5.07. The van der Waals surface area contributed by atoms with Gasteiger partial charge in [0, 0.05) is 28.6 Å². The van der Waals surface area contributed by atoms with Crippen molar-refractivity contribution < 1.29 is 31.5 Å². The van der Waals surface area contributed by atoms with E-state index in [9.17, 15) is 26.7 Å². The van der Waals surface area contributed by atoms with Gasteiger partial charge in [0.25, 0.3) is 5.91 Å². The number of carbonyl (C=O) groups is 1. The number of benzene rings is 1. The van der Waals surface area contributed by atoms with Crippen LogP contribution in [0.4, 0.5) is 27.1 Å². The van der Waals surface area contributed by atoms with E-state index in [2.05, 4.69) is 25.1 Å². The number of thiazole rings is 1. The number of halogens is 5. The number of nitrogens with one attached hydrogen (secondary N) is 1. The first-order valence-electron chi connectivity index (χ1n) is 9.97. The Bertz CT molecular complexity index is 1360. The van der Waals surface area contributed by atoms with Crippen molar-refractivity contribution in [3.8, 4) is 17.0 Å². The second-order valence-corrected chi connectivity index (χ2v) is 8.39. The van der Waals surface area contributed by atoms with E-state index in [1.807, 2.05) is 0 Å². The molecule has 0 atom stereocenters. The number of hydrogen-bond donors (Lipinski definition) is 1. The molecule has 1 fully saturated rings. The number of rotatable bonds is 6. The van der Waals surface area contributed by atoms with Crippen LogP contribution in [0, 0.1) is 0 Å². The Morgan fingerprint density at radius 1 is 1.15 bits per heavy atom. The SMILES string of the molecule is O=C(Nc1nc(-c2ccc(OC(F)F)cc2)cs1)c1cc2nc(C3CC3)cc(C(F)(F)F)n2n1. The van der Waals surface area contributed by atoms with Gasteiger partial charge in [-0.25, -0.2) is 14.5 Å². The topological polar surface area (TPSA) is 81.4 Å². The van der Waals surface area contributed by atoms with Gasteiger partial charge in [0.1, 0.15) is 11.4 Å². The fourth-order valence-corrected chi connectivity index (χ4v) is 4.04. The fraction of sp³-hybridized carbons (Fsp3) is 0.238. The van der Waals surface area contributed by atoms with E-state index in [0.29, 0.717) is 21.5 Å². The number of aromatic nitrogens is 4. The first-order chi connectivity index (χ1) is 16.2. The van der Waals surface area contributed by atoms with Crippen molar-refractivity contribution in [2.45, 2.75) is 31.5 Å². The molecule has 0 saturated heterocycles. The second-order valence-electron chi connectivity index (χ2n) is 7.53. The van der Waals surface area contributed by atoms with E-state index in [1.54, 1.807) is 5.38 Å². The minimum atomic E-state index is -4.66. The van der Waals surface area contributed by atoms with Gasteiger partial charge in [-0.05, 0) is 43.2 Å². The molecule has 1 N–H and O–H groups in total. The number of nitrogens with zero attached hydrogens (tertiary/aromatic N) is 4. The van der Waals surface area contributed by atoms with Crippen molar-refractivity contribution in [2.24, 2.45) is 0 Å². The Morgan fingerprint density at radius 3 is 2.53 bits per heavy atom. The number of fused-ring (bicyclic) bond motifs is 1. The van der Waals surface area contributed by atoms with Gasteiger partial charge in [-0.3, -0.25) is 10.1 Å². The number of hydrogen-bond acceptors (Lipinski definition) is 6. The number of carbonyl (C=O) groups excluding carboxylic acids is 1. The van der Waals surface area contributed by atoms with Gasteiger partial charge >= 0.3 is 12.8 Å². The lowest BCUT2D eigenvalue weighted by Gasteiger charge is -2.10. The lowest BCUT2D eigenvalue weighted by Crippen LogP contribution is -2.16. The highest BCUT2D eigenvalue weighted by Crippen LogP contribution is 2.41. The molecule has 0 bridgehead atoms. The first kappa shape index (κ1) is 22.2. The minimum Gasteiger partial charge on any atom is -0.435 e. The predicted molar refractivity (Wildman–Crippen MR) is 112 cm³/mol. The van der Waals surface area contributed by atoms with Gasteiger partial charge in [0.15, 0.2) is 16.5 Å². The zero-order valence-electron chi connectivity index (χ0n) is 17.0. The van der Waals surface area contributed by atoms with Gasteiger partial charge in [-0.1, -0.05) is 0 Å². The van der Waals surface area contributed by atoms with Gasteiger partial charge < -0.3 is 4.74 Å². The summed E-state index contributed by atoms with van der Waals surface area (Å²) in [5.74, 6) is -0.762. The van der Waals surface area contributed by atoms with Crippen LogP contribution in [0.3, 0.4) is 0 Å². The maximum Gasteiger partial charge on any atom is 0.433 e. The molecule has 4 aromatic rings. The van der Waals surface area contributed by atoms with Crippen molar-refractivity contribution >= 4 is 28.0 Å². The van der Waals surface area contributed by atoms with E-state index in [1.165, 1.54) is 30.3 Å². The largest absolute Gasteiger partial charge is 0.435 e. The van der Waals surface area contributed by atoms with E-state index in [0.717, 1.165) is 30.2 Å². The fourth-order valence-electron chi connectivity index (χ4n) is 3.33. The maximum absolute atomic E-state index is 13.5. The lowest BCUT2D eigenvalue weighted by atomic mass is 10.2. The summed E-state index contributed by atoms with van der Waals surface area (Å²) in [5.41, 5.74) is 0.103. The second kappa shape index (κ2) is 8.31. The Labute approximate surface area is 192 Å². The van der Waals surface area contributed by atoms with Crippen molar-refractivity contribution in [1.29, 1.82) is 0 Å². The average Bonchev–Trinajstić information content (AvgIpc) is 3.36. The summed E-state index contributed by atoms with van der Waals surface area (Å²) in [4.78, 5) is 21.2. The summed E-state index contributed by atoms with van der Waals surface area (Å²) < 4.78 is 70.1. The molecule has 13 heteroatoms. The van der Waals surface area contributed by atoms with Crippen LogP contribution in [0.15, 0.2) is 41.8 Å². The Morgan fingerprint density at radius 2 is 1.88 bits per heavy atom. The number of anilines is 1. The summed E-state index contributed by atoms with van der Waals surface area (Å²) >= 11 is 1.09. The van der Waals surface area contributed by atoms with Crippen molar-refractivity contribution in [2.75, 3.05) is 5.32 Å². The highest BCUT2D eigenvalue weighted by atomic mass is 32.1. The summed E-state index contributed by atoms with van der Waals surface area (Å²) in [6.45, 7) is -2.94. The normalized spacial score (nSPS) is 14.1. The summed E-state index contributed by atoms with van der Waals surface area (Å²) in [6.07, 6.45) is -3.11. The Kier molecular flexibility index (Phi) is 5.42. The molecule has 1 saturated carbocycles. The summed E-state index contributed by atoms with van der Waals surface area (Å²) in [7, 11) is 0.